The van der Waals surface area contributed by atoms with Gasteiger partial charge >= 0.3 is 6.18 Å². The van der Waals surface area contributed by atoms with Crippen LogP contribution in [0.5, 0.6) is 0 Å². The van der Waals surface area contributed by atoms with Crippen molar-refractivity contribution in [3.8, 4) is 5.69 Å². The molecule has 1 aromatic carbocycles. The minimum Gasteiger partial charge on any atom is -0.366 e. The largest absolute Gasteiger partial charge is 0.416 e. The second-order valence-corrected chi connectivity index (χ2v) is 4.00. The second kappa shape index (κ2) is 4.42. The zero-order valence-corrected chi connectivity index (χ0v) is 9.90. The first-order valence-electron chi connectivity index (χ1n) is 5.33. The van der Waals surface area contributed by atoms with Gasteiger partial charge in [0, 0.05) is 6.20 Å². The van der Waals surface area contributed by atoms with Gasteiger partial charge in [-0.2, -0.15) is 18.3 Å². The first-order chi connectivity index (χ1) is 8.79. The minimum absolute atomic E-state index is 0.216. The van der Waals surface area contributed by atoms with Gasteiger partial charge in [0.25, 0.3) is 5.91 Å². The Balaban J connectivity index is 2.60. The summed E-state index contributed by atoms with van der Waals surface area (Å²) in [6.07, 6.45) is -2.98. The SMILES string of the molecule is Cc1ccn(-c2ccc(C(F)(F)F)cc2C(N)=O)n1. The molecule has 0 saturated heterocycles. The minimum atomic E-state index is -4.53. The van der Waals surface area contributed by atoms with Gasteiger partial charge in [0.2, 0.25) is 0 Å². The van der Waals surface area contributed by atoms with Gasteiger partial charge in [0.1, 0.15) is 0 Å². The quantitative estimate of drug-likeness (QED) is 0.909. The van der Waals surface area contributed by atoms with Crippen LogP contribution in [0.2, 0.25) is 0 Å². The van der Waals surface area contributed by atoms with Gasteiger partial charge in [-0.15, -0.1) is 0 Å². The molecule has 100 valence electrons. The summed E-state index contributed by atoms with van der Waals surface area (Å²) >= 11 is 0. The molecule has 0 aliphatic heterocycles. The predicted molar refractivity (Wildman–Crippen MR) is 61.8 cm³/mol. The Morgan fingerprint density at radius 1 is 1.32 bits per heavy atom. The van der Waals surface area contributed by atoms with Gasteiger partial charge in [0.05, 0.1) is 22.5 Å². The number of nitrogens with two attached hydrogens (primary N) is 1. The maximum atomic E-state index is 12.6. The van der Waals surface area contributed by atoms with Crippen molar-refractivity contribution in [2.45, 2.75) is 13.1 Å². The van der Waals surface area contributed by atoms with Crippen molar-refractivity contribution < 1.29 is 18.0 Å². The van der Waals surface area contributed by atoms with E-state index in [1.807, 2.05) is 0 Å². The predicted octanol–water partition coefficient (Wildman–Crippen LogP) is 2.30. The van der Waals surface area contributed by atoms with E-state index >= 15 is 0 Å². The summed E-state index contributed by atoms with van der Waals surface area (Å²) < 4.78 is 39.1. The fourth-order valence-corrected chi connectivity index (χ4v) is 1.66. The zero-order chi connectivity index (χ0) is 14.2. The number of halogens is 3. The number of aromatic nitrogens is 2. The fraction of sp³-hybridized carbons (Fsp3) is 0.167. The van der Waals surface area contributed by atoms with Crippen LogP contribution in [0.1, 0.15) is 21.6 Å². The van der Waals surface area contributed by atoms with Gasteiger partial charge in [-0.1, -0.05) is 0 Å². The highest BCUT2D eigenvalue weighted by atomic mass is 19.4. The Labute approximate surface area is 106 Å². The molecule has 7 heteroatoms. The number of hydrogen-bond acceptors (Lipinski definition) is 2. The molecule has 0 spiro atoms. The summed E-state index contributed by atoms with van der Waals surface area (Å²) in [6, 6.07) is 4.46. The fourth-order valence-electron chi connectivity index (χ4n) is 1.66. The van der Waals surface area contributed by atoms with Crippen molar-refractivity contribution in [2.24, 2.45) is 5.73 Å². The van der Waals surface area contributed by atoms with Gasteiger partial charge in [0.15, 0.2) is 0 Å². The van der Waals surface area contributed by atoms with E-state index in [2.05, 4.69) is 5.10 Å². The maximum Gasteiger partial charge on any atom is 0.416 e. The molecule has 1 aromatic heterocycles. The van der Waals surface area contributed by atoms with Crippen molar-refractivity contribution in [1.29, 1.82) is 0 Å². The highest BCUT2D eigenvalue weighted by Gasteiger charge is 2.31. The molecule has 19 heavy (non-hydrogen) atoms. The highest BCUT2D eigenvalue weighted by molar-refractivity contribution is 5.96. The normalized spacial score (nSPS) is 11.6. The van der Waals surface area contributed by atoms with Crippen LogP contribution in [0.3, 0.4) is 0 Å². The molecule has 0 aliphatic carbocycles. The third-order valence-corrected chi connectivity index (χ3v) is 2.56. The number of carbonyl (C=O) groups is 1. The van der Waals surface area contributed by atoms with Crippen LogP contribution in [0.15, 0.2) is 30.5 Å². The molecule has 4 nitrogen and oxygen atoms in total. The topological polar surface area (TPSA) is 60.9 Å². The number of carbonyl (C=O) groups excluding carboxylic acids is 1. The van der Waals surface area contributed by atoms with Crippen LogP contribution in [0, 0.1) is 6.92 Å². The van der Waals surface area contributed by atoms with E-state index in [0.717, 1.165) is 12.1 Å². The summed E-state index contributed by atoms with van der Waals surface area (Å²) in [6.45, 7) is 1.73. The van der Waals surface area contributed by atoms with Gasteiger partial charge in [-0.25, -0.2) is 4.68 Å². The summed E-state index contributed by atoms with van der Waals surface area (Å²) in [5, 5.41) is 4.04. The molecule has 0 unspecified atom stereocenters. The van der Waals surface area contributed by atoms with Crippen LogP contribution < -0.4 is 5.73 Å². The average molecular weight is 269 g/mol. The first-order valence-corrected chi connectivity index (χ1v) is 5.33. The molecule has 0 fully saturated rings. The van der Waals surface area contributed by atoms with Gasteiger partial charge in [-0.05, 0) is 31.2 Å². The van der Waals surface area contributed by atoms with E-state index in [1.165, 1.54) is 10.7 Å². The van der Waals surface area contributed by atoms with E-state index in [9.17, 15) is 18.0 Å². The molecule has 2 rings (SSSR count). The number of rotatable bonds is 2. The lowest BCUT2D eigenvalue weighted by atomic mass is 10.1. The van der Waals surface area contributed by atoms with Crippen molar-refractivity contribution >= 4 is 5.91 Å². The molecule has 0 atom stereocenters. The molecule has 0 radical (unpaired) electrons. The Hall–Kier alpha value is -2.31. The summed E-state index contributed by atoms with van der Waals surface area (Å²) in [4.78, 5) is 11.3. The maximum absolute atomic E-state index is 12.6. The Morgan fingerprint density at radius 2 is 2.00 bits per heavy atom. The van der Waals surface area contributed by atoms with Crippen LogP contribution in [0.4, 0.5) is 13.2 Å². The number of amides is 1. The van der Waals surface area contributed by atoms with E-state index in [0.29, 0.717) is 5.69 Å². The highest BCUT2D eigenvalue weighted by Crippen LogP contribution is 2.31. The number of alkyl halides is 3. The molecular weight excluding hydrogens is 259 g/mol. The van der Waals surface area contributed by atoms with Gasteiger partial charge < -0.3 is 5.73 Å². The zero-order valence-electron chi connectivity index (χ0n) is 9.90. The number of aryl methyl sites for hydroxylation is 1. The molecule has 1 amide bonds. The van der Waals surface area contributed by atoms with Crippen LogP contribution in [-0.4, -0.2) is 15.7 Å². The molecule has 0 aliphatic rings. The Bertz CT molecular complexity index is 631. The third-order valence-electron chi connectivity index (χ3n) is 2.56. The van der Waals surface area contributed by atoms with Crippen molar-refractivity contribution in [2.75, 3.05) is 0 Å². The van der Waals surface area contributed by atoms with Crippen molar-refractivity contribution in [1.82, 2.24) is 9.78 Å². The Kier molecular flexibility index (Phi) is 3.05. The third kappa shape index (κ3) is 2.59. The lowest BCUT2D eigenvalue weighted by Gasteiger charge is -2.11. The summed E-state index contributed by atoms with van der Waals surface area (Å²) in [5.74, 6) is -0.936. The number of hydrogen-bond donors (Lipinski definition) is 1. The Morgan fingerprint density at radius 3 is 2.47 bits per heavy atom. The van der Waals surface area contributed by atoms with E-state index in [4.69, 9.17) is 5.73 Å². The average Bonchev–Trinajstić information content (AvgIpc) is 2.73. The van der Waals surface area contributed by atoms with E-state index in [-0.39, 0.29) is 11.3 Å². The van der Waals surface area contributed by atoms with Crippen molar-refractivity contribution in [3.63, 3.8) is 0 Å². The molecule has 2 aromatic rings. The number of benzene rings is 1. The van der Waals surface area contributed by atoms with Gasteiger partial charge in [-0.3, -0.25) is 4.79 Å². The van der Waals surface area contributed by atoms with Crippen LogP contribution in [0.25, 0.3) is 5.69 Å². The van der Waals surface area contributed by atoms with Crippen LogP contribution >= 0.6 is 0 Å². The monoisotopic (exact) mass is 269 g/mol. The molecule has 1 heterocycles. The second-order valence-electron chi connectivity index (χ2n) is 4.00. The van der Waals surface area contributed by atoms with Crippen molar-refractivity contribution in [3.05, 3.63) is 47.3 Å². The summed E-state index contributed by atoms with van der Waals surface area (Å²) in [5.41, 5.74) is 4.87. The smallest absolute Gasteiger partial charge is 0.366 e. The first kappa shape index (κ1) is 13.1. The van der Waals surface area contributed by atoms with E-state index in [1.54, 1.807) is 19.2 Å². The molecule has 2 N–H and O–H groups in total. The van der Waals surface area contributed by atoms with Crippen LogP contribution in [-0.2, 0) is 6.18 Å². The number of nitrogens with zero attached hydrogens (tertiary/aromatic N) is 2. The molecule has 0 saturated carbocycles. The van der Waals surface area contributed by atoms with E-state index < -0.39 is 17.6 Å². The lowest BCUT2D eigenvalue weighted by Crippen LogP contribution is -2.17. The number of primary amides is 1. The summed E-state index contributed by atoms with van der Waals surface area (Å²) in [7, 11) is 0. The lowest BCUT2D eigenvalue weighted by molar-refractivity contribution is -0.137. The molecular formula is C12H10F3N3O. The standard InChI is InChI=1S/C12H10F3N3O/c1-7-4-5-18(17-7)10-3-2-8(12(13,14)15)6-9(10)11(16)19/h2-6H,1H3,(H2,16,19). The molecule has 0 bridgehead atoms.